The van der Waals surface area contributed by atoms with E-state index in [-0.39, 0.29) is 41.8 Å². The second-order valence-corrected chi connectivity index (χ2v) is 11.9. The average Bonchev–Trinajstić information content (AvgIpc) is 3.57. The Bertz CT molecular complexity index is 1390. The van der Waals surface area contributed by atoms with E-state index in [1.165, 1.54) is 23.1 Å². The summed E-state index contributed by atoms with van der Waals surface area (Å²) in [5, 5.41) is 11.9. The van der Waals surface area contributed by atoms with Gasteiger partial charge in [-0.05, 0) is 54.2 Å². The number of aliphatic hydroxyl groups is 1. The molecule has 2 aliphatic rings. The molecule has 8 nitrogen and oxygen atoms in total. The van der Waals surface area contributed by atoms with Crippen LogP contribution in [0.3, 0.4) is 0 Å². The molecule has 1 atom stereocenters. The van der Waals surface area contributed by atoms with E-state index in [1.807, 2.05) is 0 Å². The third-order valence-electron chi connectivity index (χ3n) is 6.89. The summed E-state index contributed by atoms with van der Waals surface area (Å²) in [6.45, 7) is -0.147. The minimum atomic E-state index is -6.07. The molecular formula is C25H25F6N3O5S. The fourth-order valence-corrected chi connectivity index (χ4v) is 6.33. The molecule has 1 heterocycles. The van der Waals surface area contributed by atoms with E-state index in [4.69, 9.17) is 5.73 Å². The van der Waals surface area contributed by atoms with Crippen LogP contribution in [0, 0.1) is 5.92 Å². The highest BCUT2D eigenvalue weighted by Crippen LogP contribution is 2.50. The van der Waals surface area contributed by atoms with E-state index >= 15 is 0 Å². The summed E-state index contributed by atoms with van der Waals surface area (Å²) in [5.74, 6) is -1.28. The van der Waals surface area contributed by atoms with E-state index in [0.29, 0.717) is 23.3 Å². The van der Waals surface area contributed by atoms with Crippen molar-refractivity contribution in [3.05, 3.63) is 59.2 Å². The van der Waals surface area contributed by atoms with Crippen LogP contribution in [-0.2, 0) is 31.6 Å². The third kappa shape index (κ3) is 5.54. The smallest absolute Gasteiger partial charge is 0.369 e. The monoisotopic (exact) mass is 593 g/mol. The Morgan fingerprint density at radius 3 is 2.12 bits per heavy atom. The van der Waals surface area contributed by atoms with Gasteiger partial charge in [0.15, 0.2) is 9.84 Å². The zero-order valence-corrected chi connectivity index (χ0v) is 21.5. The number of nitrogens with zero attached hydrogens (tertiary/aromatic N) is 1. The SMILES string of the molecule is NCCC(=O)N1Cc2cc(S(=O)(=O)CC3CC3)ccc2C1C(=O)Nc1ccc(C(O)(C(F)(F)F)C(F)(F)F)cc1. The molecule has 0 saturated heterocycles. The number of nitrogens with one attached hydrogen (secondary N) is 1. The molecule has 2 amide bonds. The van der Waals surface area contributed by atoms with Crippen LogP contribution in [0.2, 0.25) is 0 Å². The third-order valence-corrected chi connectivity index (χ3v) is 8.77. The van der Waals surface area contributed by atoms with Gasteiger partial charge in [-0.25, -0.2) is 8.42 Å². The normalized spacial score (nSPS) is 18.0. The highest BCUT2D eigenvalue weighted by molar-refractivity contribution is 7.91. The first-order valence-corrected chi connectivity index (χ1v) is 13.8. The van der Waals surface area contributed by atoms with Gasteiger partial charge in [-0.1, -0.05) is 18.2 Å². The molecule has 1 aliphatic carbocycles. The number of fused-ring (bicyclic) bond motifs is 1. The average molecular weight is 594 g/mol. The van der Waals surface area contributed by atoms with Crippen molar-refractivity contribution < 1.29 is 49.5 Å². The van der Waals surface area contributed by atoms with Gasteiger partial charge in [-0.3, -0.25) is 9.59 Å². The fourth-order valence-electron chi connectivity index (χ4n) is 4.59. The molecule has 0 spiro atoms. The van der Waals surface area contributed by atoms with Crippen molar-refractivity contribution in [2.45, 2.75) is 54.7 Å². The van der Waals surface area contributed by atoms with Crippen LogP contribution >= 0.6 is 0 Å². The van der Waals surface area contributed by atoms with Gasteiger partial charge in [0.05, 0.1) is 10.6 Å². The number of benzene rings is 2. The minimum Gasteiger partial charge on any atom is -0.369 e. The molecule has 1 aliphatic heterocycles. The van der Waals surface area contributed by atoms with Crippen molar-refractivity contribution in [1.29, 1.82) is 0 Å². The Kier molecular flexibility index (Phi) is 7.71. The van der Waals surface area contributed by atoms with Crippen LogP contribution in [0.4, 0.5) is 32.0 Å². The minimum absolute atomic E-state index is 0.0146. The Morgan fingerprint density at radius 2 is 1.60 bits per heavy atom. The van der Waals surface area contributed by atoms with Gasteiger partial charge in [0, 0.05) is 30.8 Å². The maximum atomic E-state index is 13.3. The molecule has 40 heavy (non-hydrogen) atoms. The van der Waals surface area contributed by atoms with Crippen LogP contribution in [0.15, 0.2) is 47.4 Å². The summed E-state index contributed by atoms with van der Waals surface area (Å²) < 4.78 is 104. The molecule has 4 rings (SSSR count). The Hall–Kier alpha value is -3.17. The largest absolute Gasteiger partial charge is 0.430 e. The van der Waals surface area contributed by atoms with Gasteiger partial charge >= 0.3 is 12.4 Å². The molecule has 218 valence electrons. The van der Waals surface area contributed by atoms with Crippen LogP contribution in [0.5, 0.6) is 0 Å². The molecule has 0 bridgehead atoms. The van der Waals surface area contributed by atoms with Crippen LogP contribution in [-0.4, -0.2) is 54.9 Å². The molecule has 15 heteroatoms. The lowest BCUT2D eigenvalue weighted by molar-refractivity contribution is -0.376. The Labute approximate surface area is 225 Å². The van der Waals surface area contributed by atoms with Gasteiger partial charge in [0.2, 0.25) is 5.91 Å². The number of alkyl halides is 6. The number of carbonyl (C=O) groups is 2. The van der Waals surface area contributed by atoms with Gasteiger partial charge in [-0.15, -0.1) is 0 Å². The number of halogens is 6. The van der Waals surface area contributed by atoms with Crippen molar-refractivity contribution in [2.24, 2.45) is 11.7 Å². The predicted molar refractivity (Wildman–Crippen MR) is 129 cm³/mol. The zero-order chi connectivity index (χ0) is 29.7. The second kappa shape index (κ2) is 10.3. The van der Waals surface area contributed by atoms with Crippen molar-refractivity contribution in [3.63, 3.8) is 0 Å². The number of amides is 2. The lowest BCUT2D eigenvalue weighted by Crippen LogP contribution is -2.53. The van der Waals surface area contributed by atoms with E-state index in [0.717, 1.165) is 25.0 Å². The summed E-state index contributed by atoms with van der Waals surface area (Å²) in [6.07, 6.45) is -10.6. The van der Waals surface area contributed by atoms with Gasteiger partial charge in [0.1, 0.15) is 6.04 Å². The molecule has 2 aromatic rings. The van der Waals surface area contributed by atoms with Crippen molar-refractivity contribution >= 4 is 27.3 Å². The second-order valence-electron chi connectivity index (χ2n) is 9.82. The Morgan fingerprint density at radius 1 is 1.00 bits per heavy atom. The molecule has 1 unspecified atom stereocenters. The Balaban J connectivity index is 1.62. The fraction of sp³-hybridized carbons (Fsp3) is 0.440. The standard InChI is InChI=1S/C25H25F6N3O5S/c26-24(27,28)23(37,25(29,30)31)16-3-5-17(6-4-16)33-22(36)21-19-8-7-18(40(38,39)13-14-1-2-14)11-15(19)12-34(21)20(35)9-10-32/h3-8,11,14,21,37H,1-2,9-10,12-13,32H2,(H,33,36). The first-order valence-electron chi connectivity index (χ1n) is 12.1. The lowest BCUT2D eigenvalue weighted by atomic mass is 9.92. The highest BCUT2D eigenvalue weighted by Gasteiger charge is 2.71. The molecule has 0 aromatic heterocycles. The maximum Gasteiger partial charge on any atom is 0.430 e. The number of hydrogen-bond donors (Lipinski definition) is 3. The topological polar surface area (TPSA) is 130 Å². The van der Waals surface area contributed by atoms with Gasteiger partial charge in [0.25, 0.3) is 11.5 Å². The molecule has 2 aromatic carbocycles. The predicted octanol–water partition coefficient (Wildman–Crippen LogP) is 3.55. The van der Waals surface area contributed by atoms with Crippen LogP contribution in [0.25, 0.3) is 0 Å². The number of sulfone groups is 1. The molecule has 4 N–H and O–H groups in total. The zero-order valence-electron chi connectivity index (χ0n) is 20.7. The lowest BCUT2D eigenvalue weighted by Gasteiger charge is -2.32. The van der Waals surface area contributed by atoms with E-state index < -0.39 is 51.2 Å². The van der Waals surface area contributed by atoms with Crippen molar-refractivity contribution in [3.8, 4) is 0 Å². The van der Waals surface area contributed by atoms with Gasteiger partial charge in [-0.2, -0.15) is 26.3 Å². The van der Waals surface area contributed by atoms with E-state index in [1.54, 1.807) is 0 Å². The maximum absolute atomic E-state index is 13.3. The highest BCUT2D eigenvalue weighted by atomic mass is 32.2. The summed E-state index contributed by atoms with van der Waals surface area (Å²) in [4.78, 5) is 27.3. The van der Waals surface area contributed by atoms with Crippen LogP contribution in [0.1, 0.15) is 42.0 Å². The molecule has 1 saturated carbocycles. The van der Waals surface area contributed by atoms with Crippen LogP contribution < -0.4 is 11.1 Å². The van der Waals surface area contributed by atoms with Crippen molar-refractivity contribution in [1.82, 2.24) is 4.90 Å². The summed E-state index contributed by atoms with van der Waals surface area (Å²) >= 11 is 0. The first kappa shape index (κ1) is 29.8. The summed E-state index contributed by atoms with van der Waals surface area (Å²) in [5.41, 5.74) is -0.640. The number of anilines is 1. The number of rotatable bonds is 8. The number of nitrogens with two attached hydrogens (primary N) is 1. The van der Waals surface area contributed by atoms with Gasteiger partial charge < -0.3 is 21.1 Å². The molecule has 1 fully saturated rings. The first-order chi connectivity index (χ1) is 18.5. The van der Waals surface area contributed by atoms with E-state index in [9.17, 15) is 49.5 Å². The molecular weight excluding hydrogens is 568 g/mol. The summed E-state index contributed by atoms with van der Waals surface area (Å²) in [7, 11) is -3.59. The quantitative estimate of drug-likeness (QED) is 0.402. The molecule has 0 radical (unpaired) electrons. The number of hydrogen-bond acceptors (Lipinski definition) is 6. The number of carbonyl (C=O) groups excluding carboxylic acids is 2. The van der Waals surface area contributed by atoms with Crippen molar-refractivity contribution in [2.75, 3.05) is 17.6 Å². The van der Waals surface area contributed by atoms with E-state index in [2.05, 4.69) is 5.32 Å². The summed E-state index contributed by atoms with van der Waals surface area (Å²) in [6, 6.07) is 5.14.